The first-order valence-corrected chi connectivity index (χ1v) is 11.0. The van der Waals surface area contributed by atoms with E-state index in [0.29, 0.717) is 10.1 Å². The molecule has 1 amide bonds. The maximum absolute atomic E-state index is 12.4. The van der Waals surface area contributed by atoms with Gasteiger partial charge in [-0.1, -0.05) is 24.3 Å². The molecule has 0 aromatic heterocycles. The van der Waals surface area contributed by atoms with Crippen molar-refractivity contribution in [1.82, 2.24) is 0 Å². The normalized spacial score (nSPS) is 14.4. The highest BCUT2D eigenvalue weighted by Crippen LogP contribution is 2.43. The first kappa shape index (κ1) is 21.4. The number of carbonyl (C=O) groups excluding carboxylic acids is 2. The molecule has 29 heavy (non-hydrogen) atoms. The molecule has 0 bridgehead atoms. The van der Waals surface area contributed by atoms with Crippen LogP contribution in [0.15, 0.2) is 48.5 Å². The molecule has 2 aromatic rings. The number of anilines is 1. The summed E-state index contributed by atoms with van der Waals surface area (Å²) in [6.45, 7) is -3.56. The Kier molecular flexibility index (Phi) is 7.76. The first-order valence-electron chi connectivity index (χ1n) is 8.87. The Labute approximate surface area is 175 Å². The second kappa shape index (κ2) is 10.5. The third-order valence-electron chi connectivity index (χ3n) is 3.96. The zero-order valence-corrected chi connectivity index (χ0v) is 16.9. The quantitative estimate of drug-likeness (QED) is 0.616. The number of para-hydroxylation sites is 2. The molecule has 2 aromatic carbocycles. The van der Waals surface area contributed by atoms with Crippen LogP contribution >= 0.6 is 23.5 Å². The first-order chi connectivity index (χ1) is 14.0. The van der Waals surface area contributed by atoms with Crippen molar-refractivity contribution in [3.8, 4) is 5.75 Å². The third-order valence-corrected chi connectivity index (χ3v) is 6.97. The Morgan fingerprint density at radius 1 is 1.07 bits per heavy atom. The maximum atomic E-state index is 12.4. The molecular weight excluding hydrogens is 420 g/mol. The van der Waals surface area contributed by atoms with Gasteiger partial charge in [0.1, 0.15) is 5.75 Å². The molecule has 1 N–H and O–H groups in total. The lowest BCUT2D eigenvalue weighted by molar-refractivity contribution is -0.119. The van der Waals surface area contributed by atoms with Crippen LogP contribution in [0.3, 0.4) is 0 Å². The van der Waals surface area contributed by atoms with Crippen molar-refractivity contribution in [1.29, 1.82) is 0 Å². The predicted molar refractivity (Wildman–Crippen MR) is 111 cm³/mol. The van der Waals surface area contributed by atoms with Crippen LogP contribution in [0, 0.1) is 0 Å². The molecular formula is C20H19F2NO4S2. The van der Waals surface area contributed by atoms with Crippen LogP contribution in [0.1, 0.15) is 26.9 Å². The number of hydrogen-bond acceptors (Lipinski definition) is 6. The molecule has 1 saturated heterocycles. The highest BCUT2D eigenvalue weighted by Gasteiger charge is 2.18. The fourth-order valence-corrected chi connectivity index (χ4v) is 5.52. The molecule has 1 aliphatic heterocycles. The van der Waals surface area contributed by atoms with Crippen LogP contribution in [-0.4, -0.2) is 36.6 Å². The topological polar surface area (TPSA) is 64.6 Å². The van der Waals surface area contributed by atoms with Crippen LogP contribution in [-0.2, 0) is 9.53 Å². The SMILES string of the molecule is O=C(COC(=O)c1ccc(C2SCCCS2)cc1)Nc1ccccc1OC(F)F. The number of amides is 1. The number of benzene rings is 2. The highest BCUT2D eigenvalue weighted by atomic mass is 32.2. The van der Waals surface area contributed by atoms with Gasteiger partial charge in [-0.15, -0.1) is 23.5 Å². The summed E-state index contributed by atoms with van der Waals surface area (Å²) in [6, 6.07) is 12.9. The highest BCUT2D eigenvalue weighted by molar-refractivity contribution is 8.16. The molecule has 1 aliphatic rings. The summed E-state index contributed by atoms with van der Waals surface area (Å²) in [4.78, 5) is 24.2. The minimum Gasteiger partial charge on any atom is -0.452 e. The zero-order chi connectivity index (χ0) is 20.6. The van der Waals surface area contributed by atoms with E-state index in [0.717, 1.165) is 17.1 Å². The standard InChI is InChI=1S/C20H19F2NO4S2/c21-20(22)27-16-5-2-1-4-15(16)23-17(24)12-26-18(25)13-6-8-14(9-7-13)19-28-10-3-11-29-19/h1-2,4-9,19-20H,3,10-12H2,(H,23,24). The van der Waals surface area contributed by atoms with Crippen molar-refractivity contribution < 1.29 is 27.8 Å². The van der Waals surface area contributed by atoms with Crippen LogP contribution in [0.4, 0.5) is 14.5 Å². The van der Waals surface area contributed by atoms with E-state index in [9.17, 15) is 18.4 Å². The molecule has 0 unspecified atom stereocenters. The van der Waals surface area contributed by atoms with Gasteiger partial charge in [0.15, 0.2) is 6.61 Å². The molecule has 1 heterocycles. The number of esters is 1. The van der Waals surface area contributed by atoms with E-state index in [-0.39, 0.29) is 11.4 Å². The molecule has 0 aliphatic carbocycles. The second-order valence-electron chi connectivity index (χ2n) is 6.05. The van der Waals surface area contributed by atoms with Gasteiger partial charge in [-0.25, -0.2) is 4.79 Å². The Hall–Kier alpha value is -2.26. The van der Waals surface area contributed by atoms with Gasteiger partial charge in [-0.05, 0) is 47.8 Å². The molecule has 154 valence electrons. The number of carbonyl (C=O) groups is 2. The van der Waals surface area contributed by atoms with Crippen LogP contribution in [0.25, 0.3) is 0 Å². The molecule has 9 heteroatoms. The Bertz CT molecular complexity index is 843. The van der Waals surface area contributed by atoms with Crippen molar-refractivity contribution in [3.05, 3.63) is 59.7 Å². The lowest BCUT2D eigenvalue weighted by atomic mass is 10.1. The van der Waals surface area contributed by atoms with Crippen molar-refractivity contribution in [2.24, 2.45) is 0 Å². The maximum Gasteiger partial charge on any atom is 0.387 e. The average Bonchev–Trinajstić information content (AvgIpc) is 2.74. The summed E-state index contributed by atoms with van der Waals surface area (Å²) < 4.78 is 34.6. The molecule has 5 nitrogen and oxygen atoms in total. The lowest BCUT2D eigenvalue weighted by Crippen LogP contribution is -2.21. The molecule has 0 spiro atoms. The van der Waals surface area contributed by atoms with E-state index in [1.54, 1.807) is 18.2 Å². The number of halogens is 2. The fraction of sp³-hybridized carbons (Fsp3) is 0.300. The number of hydrogen-bond donors (Lipinski definition) is 1. The van der Waals surface area contributed by atoms with E-state index < -0.39 is 25.1 Å². The van der Waals surface area contributed by atoms with Crippen LogP contribution < -0.4 is 10.1 Å². The van der Waals surface area contributed by atoms with Crippen molar-refractivity contribution in [2.45, 2.75) is 17.6 Å². The number of rotatable bonds is 7. The monoisotopic (exact) mass is 439 g/mol. The van der Waals surface area contributed by atoms with Crippen LogP contribution in [0.5, 0.6) is 5.75 Å². The van der Waals surface area contributed by atoms with Gasteiger partial charge in [-0.3, -0.25) is 4.79 Å². The van der Waals surface area contributed by atoms with E-state index in [1.807, 2.05) is 35.7 Å². The molecule has 0 saturated carbocycles. The van der Waals surface area contributed by atoms with Gasteiger partial charge in [0.05, 0.1) is 15.8 Å². The smallest absolute Gasteiger partial charge is 0.387 e. The van der Waals surface area contributed by atoms with Gasteiger partial charge in [-0.2, -0.15) is 8.78 Å². The fourth-order valence-electron chi connectivity index (χ4n) is 2.63. The van der Waals surface area contributed by atoms with E-state index >= 15 is 0 Å². The van der Waals surface area contributed by atoms with Crippen molar-refractivity contribution in [3.63, 3.8) is 0 Å². The average molecular weight is 440 g/mol. The Morgan fingerprint density at radius 2 is 1.76 bits per heavy atom. The van der Waals surface area contributed by atoms with Crippen molar-refractivity contribution >= 4 is 41.1 Å². The number of alkyl halides is 2. The summed E-state index contributed by atoms with van der Waals surface area (Å²) in [7, 11) is 0. The summed E-state index contributed by atoms with van der Waals surface area (Å²) in [5, 5.41) is 2.39. The molecule has 0 atom stereocenters. The summed E-state index contributed by atoms with van der Waals surface area (Å²) in [5.74, 6) is 0.795. The number of ether oxygens (including phenoxy) is 2. The van der Waals surface area contributed by atoms with Gasteiger partial charge >= 0.3 is 12.6 Å². The van der Waals surface area contributed by atoms with Gasteiger partial charge in [0.2, 0.25) is 0 Å². The predicted octanol–water partition coefficient (Wildman–Crippen LogP) is 4.95. The van der Waals surface area contributed by atoms with E-state index in [2.05, 4.69) is 10.1 Å². The summed E-state index contributed by atoms with van der Waals surface area (Å²) in [6.07, 6.45) is 1.21. The second-order valence-corrected chi connectivity index (χ2v) is 8.77. The van der Waals surface area contributed by atoms with Gasteiger partial charge in [0.25, 0.3) is 5.91 Å². The van der Waals surface area contributed by atoms with Crippen LogP contribution in [0.2, 0.25) is 0 Å². The number of thioether (sulfide) groups is 2. The minimum atomic E-state index is -3.01. The minimum absolute atomic E-state index is 0.0701. The largest absolute Gasteiger partial charge is 0.452 e. The molecule has 0 radical (unpaired) electrons. The summed E-state index contributed by atoms with van der Waals surface area (Å²) >= 11 is 3.77. The molecule has 1 fully saturated rings. The zero-order valence-electron chi connectivity index (χ0n) is 15.3. The Balaban J connectivity index is 1.52. The van der Waals surface area contributed by atoms with E-state index in [4.69, 9.17) is 4.74 Å². The lowest BCUT2D eigenvalue weighted by Gasteiger charge is -2.21. The summed E-state index contributed by atoms with van der Waals surface area (Å²) in [5.41, 5.74) is 1.55. The third kappa shape index (κ3) is 6.37. The van der Waals surface area contributed by atoms with Crippen molar-refractivity contribution in [2.75, 3.05) is 23.4 Å². The number of nitrogens with one attached hydrogen (secondary N) is 1. The Morgan fingerprint density at radius 3 is 2.45 bits per heavy atom. The van der Waals surface area contributed by atoms with Gasteiger partial charge < -0.3 is 14.8 Å². The van der Waals surface area contributed by atoms with Gasteiger partial charge in [0, 0.05) is 0 Å². The van der Waals surface area contributed by atoms with E-state index in [1.165, 1.54) is 24.6 Å². The molecule has 3 rings (SSSR count).